The van der Waals surface area contributed by atoms with Crippen molar-refractivity contribution in [2.24, 2.45) is 5.92 Å². The number of nitrogens with zero attached hydrogens (tertiary/aromatic N) is 2. The lowest BCUT2D eigenvalue weighted by Gasteiger charge is -2.19. The van der Waals surface area contributed by atoms with Gasteiger partial charge in [-0.3, -0.25) is 14.7 Å². The van der Waals surface area contributed by atoms with Gasteiger partial charge in [-0.2, -0.15) is 5.10 Å². The summed E-state index contributed by atoms with van der Waals surface area (Å²) >= 11 is 0. The fourth-order valence-corrected chi connectivity index (χ4v) is 1.48. The van der Waals surface area contributed by atoms with Crippen LogP contribution in [-0.2, 0) is 4.79 Å². The lowest BCUT2D eigenvalue weighted by atomic mass is 10.1. The highest BCUT2D eigenvalue weighted by molar-refractivity contribution is 5.93. The highest BCUT2D eigenvalue weighted by Crippen LogP contribution is 2.06. The molecule has 94 valence electrons. The molecule has 2 amide bonds. The van der Waals surface area contributed by atoms with Gasteiger partial charge < -0.3 is 16.0 Å². The standard InChI is InChI=1S/C10H17N5O2/c1-6(9(16)12-2)5-15(3)10(17)7-4-8(11)14-13-7/h4,6H,5H2,1-3H3,(H,12,16)(H3,11,13,14). The van der Waals surface area contributed by atoms with E-state index in [2.05, 4.69) is 15.5 Å². The van der Waals surface area contributed by atoms with Crippen molar-refractivity contribution in [3.8, 4) is 0 Å². The number of hydrogen-bond donors (Lipinski definition) is 3. The Morgan fingerprint density at radius 2 is 2.29 bits per heavy atom. The van der Waals surface area contributed by atoms with E-state index in [-0.39, 0.29) is 23.6 Å². The van der Waals surface area contributed by atoms with Gasteiger partial charge in [-0.15, -0.1) is 0 Å². The predicted octanol–water partition coefficient (Wildman–Crippen LogP) is -0.554. The van der Waals surface area contributed by atoms with Crippen LogP contribution in [0, 0.1) is 5.92 Å². The van der Waals surface area contributed by atoms with Gasteiger partial charge in [-0.05, 0) is 0 Å². The highest BCUT2D eigenvalue weighted by atomic mass is 16.2. The number of anilines is 1. The Morgan fingerprint density at radius 3 is 2.76 bits per heavy atom. The first-order chi connectivity index (χ1) is 7.95. The molecule has 4 N–H and O–H groups in total. The molecule has 7 nitrogen and oxygen atoms in total. The van der Waals surface area contributed by atoms with Gasteiger partial charge in [0.25, 0.3) is 5.91 Å². The SMILES string of the molecule is CNC(=O)C(C)CN(C)C(=O)c1cc(N)n[nH]1. The number of nitrogens with one attached hydrogen (secondary N) is 2. The summed E-state index contributed by atoms with van der Waals surface area (Å²) in [4.78, 5) is 24.6. The second-order valence-electron chi connectivity index (χ2n) is 3.91. The molecule has 1 heterocycles. The van der Waals surface area contributed by atoms with Gasteiger partial charge in [-0.1, -0.05) is 6.92 Å². The molecule has 0 radical (unpaired) electrons. The molecule has 0 saturated carbocycles. The van der Waals surface area contributed by atoms with Gasteiger partial charge in [0.2, 0.25) is 5.91 Å². The third kappa shape index (κ3) is 3.20. The van der Waals surface area contributed by atoms with E-state index in [1.807, 2.05) is 0 Å². The molecule has 1 atom stereocenters. The van der Waals surface area contributed by atoms with Gasteiger partial charge in [0.1, 0.15) is 11.5 Å². The van der Waals surface area contributed by atoms with E-state index < -0.39 is 0 Å². The van der Waals surface area contributed by atoms with E-state index in [4.69, 9.17) is 5.73 Å². The molecule has 1 rings (SSSR count). The van der Waals surface area contributed by atoms with Crippen LogP contribution in [0.3, 0.4) is 0 Å². The maximum Gasteiger partial charge on any atom is 0.271 e. The van der Waals surface area contributed by atoms with Crippen LogP contribution in [0.1, 0.15) is 17.4 Å². The van der Waals surface area contributed by atoms with Crippen molar-refractivity contribution in [1.29, 1.82) is 0 Å². The topological polar surface area (TPSA) is 104 Å². The Morgan fingerprint density at radius 1 is 1.65 bits per heavy atom. The van der Waals surface area contributed by atoms with E-state index >= 15 is 0 Å². The van der Waals surface area contributed by atoms with Crippen LogP contribution in [0.15, 0.2) is 6.07 Å². The minimum atomic E-state index is -0.269. The molecule has 17 heavy (non-hydrogen) atoms. The number of aromatic amines is 1. The van der Waals surface area contributed by atoms with Crippen molar-refractivity contribution in [3.63, 3.8) is 0 Å². The number of H-pyrrole nitrogens is 1. The zero-order chi connectivity index (χ0) is 13.0. The molecule has 0 saturated heterocycles. The van der Waals surface area contributed by atoms with Gasteiger partial charge in [-0.25, -0.2) is 0 Å². The van der Waals surface area contributed by atoms with Crippen molar-refractivity contribution in [2.75, 3.05) is 26.4 Å². The number of hydrogen-bond acceptors (Lipinski definition) is 4. The number of amides is 2. The molecule has 7 heteroatoms. The number of nitrogens with two attached hydrogens (primary N) is 1. The third-order valence-corrected chi connectivity index (χ3v) is 2.42. The number of carbonyl (C=O) groups is 2. The molecule has 1 aromatic rings. The van der Waals surface area contributed by atoms with Crippen molar-refractivity contribution < 1.29 is 9.59 Å². The van der Waals surface area contributed by atoms with E-state index in [1.165, 1.54) is 11.0 Å². The Labute approximate surface area is 99.4 Å². The zero-order valence-electron chi connectivity index (χ0n) is 10.2. The summed E-state index contributed by atoms with van der Waals surface area (Å²) in [6.07, 6.45) is 0. The summed E-state index contributed by atoms with van der Waals surface area (Å²) in [6.45, 7) is 2.08. The average Bonchev–Trinajstić information content (AvgIpc) is 2.73. The number of rotatable bonds is 4. The average molecular weight is 239 g/mol. The quantitative estimate of drug-likeness (QED) is 0.655. The van der Waals surface area contributed by atoms with Gasteiger partial charge in [0.15, 0.2) is 0 Å². The normalized spacial score (nSPS) is 11.9. The summed E-state index contributed by atoms with van der Waals surface area (Å²) in [5, 5.41) is 8.75. The Bertz CT molecular complexity index is 415. The van der Waals surface area contributed by atoms with Crippen LogP contribution in [-0.4, -0.2) is 47.6 Å². The number of aromatic nitrogens is 2. The third-order valence-electron chi connectivity index (χ3n) is 2.42. The molecule has 0 spiro atoms. The Kier molecular flexibility index (Phi) is 4.08. The van der Waals surface area contributed by atoms with E-state index in [9.17, 15) is 9.59 Å². The Balaban J connectivity index is 2.62. The molecule has 0 aliphatic rings. The van der Waals surface area contributed by atoms with Crippen molar-refractivity contribution in [2.45, 2.75) is 6.92 Å². The van der Waals surface area contributed by atoms with Gasteiger partial charge >= 0.3 is 0 Å². The highest BCUT2D eigenvalue weighted by Gasteiger charge is 2.19. The van der Waals surface area contributed by atoms with Crippen molar-refractivity contribution >= 4 is 17.6 Å². The van der Waals surface area contributed by atoms with Crippen LogP contribution in [0.25, 0.3) is 0 Å². The first-order valence-corrected chi connectivity index (χ1v) is 5.23. The summed E-state index contributed by atoms with van der Waals surface area (Å²) in [5.41, 5.74) is 5.72. The molecular weight excluding hydrogens is 222 g/mol. The lowest BCUT2D eigenvalue weighted by Crippen LogP contribution is -2.37. The van der Waals surface area contributed by atoms with Crippen LogP contribution in [0.4, 0.5) is 5.82 Å². The van der Waals surface area contributed by atoms with Gasteiger partial charge in [0, 0.05) is 26.7 Å². The largest absolute Gasteiger partial charge is 0.382 e. The van der Waals surface area contributed by atoms with Crippen molar-refractivity contribution in [1.82, 2.24) is 20.4 Å². The zero-order valence-corrected chi connectivity index (χ0v) is 10.2. The maximum absolute atomic E-state index is 11.9. The second-order valence-corrected chi connectivity index (χ2v) is 3.91. The fraction of sp³-hybridized carbons (Fsp3) is 0.500. The predicted molar refractivity (Wildman–Crippen MR) is 63.2 cm³/mol. The molecule has 0 fully saturated rings. The van der Waals surface area contributed by atoms with Gasteiger partial charge in [0.05, 0.1) is 5.92 Å². The number of carbonyl (C=O) groups excluding carboxylic acids is 2. The molecule has 1 unspecified atom stereocenters. The molecule has 1 aromatic heterocycles. The molecule has 0 aliphatic carbocycles. The Hall–Kier alpha value is -2.05. The lowest BCUT2D eigenvalue weighted by molar-refractivity contribution is -0.124. The molecule has 0 bridgehead atoms. The second kappa shape index (κ2) is 5.33. The fourth-order valence-electron chi connectivity index (χ4n) is 1.48. The van der Waals surface area contributed by atoms with Crippen molar-refractivity contribution in [3.05, 3.63) is 11.8 Å². The van der Waals surface area contributed by atoms with Crippen LogP contribution < -0.4 is 11.1 Å². The number of nitrogen functional groups attached to an aromatic ring is 1. The first-order valence-electron chi connectivity index (χ1n) is 5.23. The summed E-state index contributed by atoms with van der Waals surface area (Å²) in [5.74, 6) is -0.353. The minimum Gasteiger partial charge on any atom is -0.382 e. The minimum absolute atomic E-state index is 0.103. The van der Waals surface area contributed by atoms with E-state index in [0.29, 0.717) is 12.2 Å². The van der Waals surface area contributed by atoms with Crippen LogP contribution >= 0.6 is 0 Å². The smallest absolute Gasteiger partial charge is 0.271 e. The monoisotopic (exact) mass is 239 g/mol. The molecule has 0 aromatic carbocycles. The van der Waals surface area contributed by atoms with E-state index in [1.54, 1.807) is 21.0 Å². The maximum atomic E-state index is 11.9. The van der Waals surface area contributed by atoms with Crippen LogP contribution in [0.2, 0.25) is 0 Å². The summed E-state index contributed by atoms with van der Waals surface area (Å²) < 4.78 is 0. The summed E-state index contributed by atoms with van der Waals surface area (Å²) in [7, 11) is 3.19. The first kappa shape index (κ1) is 13.0. The van der Waals surface area contributed by atoms with E-state index in [0.717, 1.165) is 0 Å². The summed E-state index contributed by atoms with van der Waals surface area (Å²) in [6, 6.07) is 1.46. The molecular formula is C10H17N5O2. The molecule has 0 aliphatic heterocycles. The van der Waals surface area contributed by atoms with Crippen LogP contribution in [0.5, 0.6) is 0 Å².